The summed E-state index contributed by atoms with van der Waals surface area (Å²) in [6, 6.07) is 17.1. The van der Waals surface area contributed by atoms with Gasteiger partial charge in [-0.2, -0.15) is 0 Å². The molecule has 0 aromatic heterocycles. The maximum atomic E-state index is 12.8. The van der Waals surface area contributed by atoms with E-state index in [0.717, 1.165) is 24.3 Å². The van der Waals surface area contributed by atoms with Crippen LogP contribution in [-0.2, 0) is 19.6 Å². The predicted octanol–water partition coefficient (Wildman–Crippen LogP) is 3.41. The van der Waals surface area contributed by atoms with Gasteiger partial charge in [0.15, 0.2) is 0 Å². The highest BCUT2D eigenvalue weighted by atomic mass is 32.2. The fourth-order valence-electron chi connectivity index (χ4n) is 4.37. The van der Waals surface area contributed by atoms with Gasteiger partial charge in [-0.25, -0.2) is 8.42 Å². The Bertz CT molecular complexity index is 1010. The lowest BCUT2D eigenvalue weighted by Crippen LogP contribution is -2.48. The number of ether oxygens (including phenoxy) is 1. The SMILES string of the molecule is CC1CN(C(=O)CS(=O)(=O)Nc2ccc(N3CCCCC3)cc2)CC(c2ccccc2)O1. The third kappa shape index (κ3) is 5.81. The maximum absolute atomic E-state index is 12.8. The van der Waals surface area contributed by atoms with E-state index in [9.17, 15) is 13.2 Å². The van der Waals surface area contributed by atoms with Crippen LogP contribution in [0.2, 0.25) is 0 Å². The first-order valence-electron chi connectivity index (χ1n) is 11.2. The molecule has 4 rings (SSSR count). The molecular weight excluding hydrogens is 426 g/mol. The number of morpholine rings is 1. The minimum absolute atomic E-state index is 0.170. The molecule has 32 heavy (non-hydrogen) atoms. The van der Waals surface area contributed by atoms with Gasteiger partial charge >= 0.3 is 0 Å². The van der Waals surface area contributed by atoms with E-state index < -0.39 is 21.7 Å². The normalized spacial score (nSPS) is 21.9. The van der Waals surface area contributed by atoms with Crippen LogP contribution < -0.4 is 9.62 Å². The summed E-state index contributed by atoms with van der Waals surface area (Å²) in [5.41, 5.74) is 2.54. The third-order valence-electron chi connectivity index (χ3n) is 5.96. The summed E-state index contributed by atoms with van der Waals surface area (Å²) >= 11 is 0. The molecular formula is C24H31N3O4S. The van der Waals surface area contributed by atoms with Crippen molar-refractivity contribution in [1.82, 2.24) is 4.90 Å². The second kappa shape index (κ2) is 9.92. The number of rotatable bonds is 6. The molecule has 2 aromatic rings. The van der Waals surface area contributed by atoms with Crippen molar-refractivity contribution in [2.75, 3.05) is 41.6 Å². The Labute approximate surface area is 190 Å². The molecule has 1 N–H and O–H groups in total. The van der Waals surface area contributed by atoms with Gasteiger partial charge in [0.1, 0.15) is 11.9 Å². The van der Waals surface area contributed by atoms with Crippen LogP contribution in [0.15, 0.2) is 54.6 Å². The number of amides is 1. The van der Waals surface area contributed by atoms with Gasteiger partial charge in [0.25, 0.3) is 0 Å². The van der Waals surface area contributed by atoms with E-state index in [-0.39, 0.29) is 12.2 Å². The second-order valence-electron chi connectivity index (χ2n) is 8.60. The summed E-state index contributed by atoms with van der Waals surface area (Å²) in [5, 5.41) is 0. The minimum atomic E-state index is -3.82. The van der Waals surface area contributed by atoms with Crippen molar-refractivity contribution in [3.63, 3.8) is 0 Å². The van der Waals surface area contributed by atoms with Crippen molar-refractivity contribution in [2.24, 2.45) is 0 Å². The number of sulfonamides is 1. The number of hydrogen-bond donors (Lipinski definition) is 1. The molecule has 2 atom stereocenters. The lowest BCUT2D eigenvalue weighted by molar-refractivity contribution is -0.142. The zero-order chi connectivity index (χ0) is 22.6. The van der Waals surface area contributed by atoms with Crippen molar-refractivity contribution in [1.29, 1.82) is 0 Å². The highest BCUT2D eigenvalue weighted by molar-refractivity contribution is 7.93. The summed E-state index contributed by atoms with van der Waals surface area (Å²) in [6.45, 7) is 4.67. The molecule has 2 aliphatic heterocycles. The molecule has 172 valence electrons. The van der Waals surface area contributed by atoms with Crippen LogP contribution >= 0.6 is 0 Å². The second-order valence-corrected chi connectivity index (χ2v) is 10.3. The number of nitrogens with zero attached hydrogens (tertiary/aromatic N) is 2. The van der Waals surface area contributed by atoms with Crippen LogP contribution in [0.3, 0.4) is 0 Å². The van der Waals surface area contributed by atoms with E-state index in [2.05, 4.69) is 9.62 Å². The van der Waals surface area contributed by atoms with Crippen molar-refractivity contribution in [3.05, 3.63) is 60.2 Å². The number of carbonyl (C=O) groups excluding carboxylic acids is 1. The van der Waals surface area contributed by atoms with E-state index in [1.165, 1.54) is 19.3 Å². The first-order chi connectivity index (χ1) is 15.4. The predicted molar refractivity (Wildman–Crippen MR) is 126 cm³/mol. The third-order valence-corrected chi connectivity index (χ3v) is 7.13. The molecule has 2 saturated heterocycles. The van der Waals surface area contributed by atoms with E-state index >= 15 is 0 Å². The Morgan fingerprint density at radius 1 is 1.00 bits per heavy atom. The van der Waals surface area contributed by atoms with Gasteiger partial charge < -0.3 is 14.5 Å². The van der Waals surface area contributed by atoms with Gasteiger partial charge in [-0.1, -0.05) is 30.3 Å². The van der Waals surface area contributed by atoms with Gasteiger partial charge in [0, 0.05) is 31.0 Å². The van der Waals surface area contributed by atoms with Gasteiger partial charge in [0.2, 0.25) is 15.9 Å². The summed E-state index contributed by atoms with van der Waals surface area (Å²) < 4.78 is 33.9. The zero-order valence-electron chi connectivity index (χ0n) is 18.4. The number of piperidine rings is 1. The molecule has 2 aliphatic rings. The van der Waals surface area contributed by atoms with E-state index in [0.29, 0.717) is 18.8 Å². The van der Waals surface area contributed by atoms with E-state index in [1.807, 2.05) is 49.4 Å². The van der Waals surface area contributed by atoms with Gasteiger partial charge in [-0.3, -0.25) is 9.52 Å². The smallest absolute Gasteiger partial charge is 0.241 e. The Balaban J connectivity index is 1.36. The molecule has 0 bridgehead atoms. The Morgan fingerprint density at radius 3 is 2.38 bits per heavy atom. The lowest BCUT2D eigenvalue weighted by atomic mass is 10.1. The van der Waals surface area contributed by atoms with Crippen molar-refractivity contribution < 1.29 is 17.9 Å². The number of carbonyl (C=O) groups is 1. The highest BCUT2D eigenvalue weighted by Crippen LogP contribution is 2.26. The Hall–Kier alpha value is -2.58. The Morgan fingerprint density at radius 2 is 1.69 bits per heavy atom. The summed E-state index contributed by atoms with van der Waals surface area (Å²) in [7, 11) is -3.82. The lowest BCUT2D eigenvalue weighted by Gasteiger charge is -2.37. The number of anilines is 2. The molecule has 1 amide bonds. The van der Waals surface area contributed by atoms with Gasteiger partial charge in [-0.15, -0.1) is 0 Å². The van der Waals surface area contributed by atoms with Crippen molar-refractivity contribution in [3.8, 4) is 0 Å². The summed E-state index contributed by atoms with van der Waals surface area (Å²) in [5.74, 6) is -1.01. The Kier molecular flexibility index (Phi) is 7.01. The van der Waals surface area contributed by atoms with Crippen LogP contribution in [0.4, 0.5) is 11.4 Å². The highest BCUT2D eigenvalue weighted by Gasteiger charge is 2.31. The van der Waals surface area contributed by atoms with Crippen LogP contribution in [0, 0.1) is 0 Å². The van der Waals surface area contributed by atoms with E-state index in [4.69, 9.17) is 4.74 Å². The molecule has 2 unspecified atom stereocenters. The van der Waals surface area contributed by atoms with Crippen molar-refractivity contribution >= 4 is 27.3 Å². The average Bonchev–Trinajstić information content (AvgIpc) is 2.80. The molecule has 2 fully saturated rings. The molecule has 0 radical (unpaired) electrons. The topological polar surface area (TPSA) is 79.0 Å². The fourth-order valence-corrected chi connectivity index (χ4v) is 5.44. The zero-order valence-corrected chi connectivity index (χ0v) is 19.3. The largest absolute Gasteiger partial charge is 0.372 e. The van der Waals surface area contributed by atoms with Crippen LogP contribution in [-0.4, -0.2) is 57.3 Å². The number of hydrogen-bond acceptors (Lipinski definition) is 5. The van der Waals surface area contributed by atoms with Crippen LogP contribution in [0.25, 0.3) is 0 Å². The standard InChI is InChI=1S/C24H31N3O4S/c1-19-16-27(17-23(31-19)20-8-4-2-5-9-20)24(28)18-32(29,30)25-21-10-12-22(13-11-21)26-14-6-3-7-15-26/h2,4-5,8-13,19,23,25H,3,6-7,14-18H2,1H3. The van der Waals surface area contributed by atoms with E-state index in [1.54, 1.807) is 17.0 Å². The number of benzene rings is 2. The quantitative estimate of drug-likeness (QED) is 0.719. The first kappa shape index (κ1) is 22.6. The van der Waals surface area contributed by atoms with Gasteiger partial charge in [-0.05, 0) is 56.0 Å². The maximum Gasteiger partial charge on any atom is 0.241 e. The molecule has 0 aliphatic carbocycles. The van der Waals surface area contributed by atoms with Crippen LogP contribution in [0.1, 0.15) is 37.9 Å². The molecule has 7 nitrogen and oxygen atoms in total. The molecule has 8 heteroatoms. The van der Waals surface area contributed by atoms with Crippen LogP contribution in [0.5, 0.6) is 0 Å². The molecule has 2 aromatic carbocycles. The summed E-state index contributed by atoms with van der Waals surface area (Å²) in [4.78, 5) is 16.7. The van der Waals surface area contributed by atoms with Gasteiger partial charge in [0.05, 0.1) is 12.6 Å². The average molecular weight is 458 g/mol. The fraction of sp³-hybridized carbons (Fsp3) is 0.458. The first-order valence-corrected chi connectivity index (χ1v) is 12.9. The monoisotopic (exact) mass is 457 g/mol. The summed E-state index contributed by atoms with van der Waals surface area (Å²) in [6.07, 6.45) is 3.19. The minimum Gasteiger partial charge on any atom is -0.372 e. The molecule has 0 saturated carbocycles. The van der Waals surface area contributed by atoms with Crippen molar-refractivity contribution in [2.45, 2.75) is 38.4 Å². The number of nitrogens with one attached hydrogen (secondary N) is 1. The molecule has 0 spiro atoms. The molecule has 2 heterocycles.